The van der Waals surface area contributed by atoms with Gasteiger partial charge in [-0.2, -0.15) is 0 Å². The molecular weight excluding hydrogens is 180 g/mol. The van der Waals surface area contributed by atoms with Crippen LogP contribution in [0.2, 0.25) is 0 Å². The fraction of sp³-hybridized carbons (Fsp3) is 0.455. The number of benzene rings is 1. The molecule has 0 radical (unpaired) electrons. The minimum absolute atomic E-state index is 0.226. The molecule has 0 aliphatic rings. The van der Waals surface area contributed by atoms with Gasteiger partial charge in [-0.1, -0.05) is 30.3 Å². The summed E-state index contributed by atoms with van der Waals surface area (Å²) in [6.45, 7) is 2.61. The van der Waals surface area contributed by atoms with E-state index in [1.165, 1.54) is 0 Å². The Labute approximate surface area is 85.3 Å². The Morgan fingerprint density at radius 1 is 1.21 bits per heavy atom. The van der Waals surface area contributed by atoms with Gasteiger partial charge in [0.2, 0.25) is 0 Å². The van der Waals surface area contributed by atoms with Crippen LogP contribution in [0.25, 0.3) is 0 Å². The second-order valence-corrected chi connectivity index (χ2v) is 2.43. The summed E-state index contributed by atoms with van der Waals surface area (Å²) >= 11 is 0. The zero-order chi connectivity index (χ0) is 10.8. The van der Waals surface area contributed by atoms with Gasteiger partial charge in [0, 0.05) is 26.4 Å². The standard InChI is InChI=1S/C10H14O2.CH4O/c1-3-12-10(11-2)9-7-5-4-6-8-9;1-2/h4-8,10H,3H2,1-2H3;2H,1H3. The largest absolute Gasteiger partial charge is 0.400 e. The molecule has 0 bridgehead atoms. The van der Waals surface area contributed by atoms with E-state index in [4.69, 9.17) is 14.6 Å². The number of aliphatic hydroxyl groups excluding tert-OH is 1. The molecule has 0 saturated carbocycles. The molecule has 0 spiro atoms. The van der Waals surface area contributed by atoms with E-state index in [1.54, 1.807) is 7.11 Å². The Kier molecular flexibility index (Phi) is 8.13. The molecule has 80 valence electrons. The highest BCUT2D eigenvalue weighted by Crippen LogP contribution is 2.16. The van der Waals surface area contributed by atoms with Crippen molar-refractivity contribution < 1.29 is 14.6 Å². The van der Waals surface area contributed by atoms with Crippen molar-refractivity contribution in [3.63, 3.8) is 0 Å². The molecule has 3 heteroatoms. The fourth-order valence-corrected chi connectivity index (χ4v) is 1.06. The number of hydrogen-bond acceptors (Lipinski definition) is 3. The van der Waals surface area contributed by atoms with Crippen LogP contribution in [-0.4, -0.2) is 25.9 Å². The molecule has 0 fully saturated rings. The second-order valence-electron chi connectivity index (χ2n) is 2.43. The Morgan fingerprint density at radius 2 is 1.79 bits per heavy atom. The van der Waals surface area contributed by atoms with E-state index in [9.17, 15) is 0 Å². The van der Waals surface area contributed by atoms with E-state index in [0.717, 1.165) is 12.7 Å². The smallest absolute Gasteiger partial charge is 0.183 e. The summed E-state index contributed by atoms with van der Waals surface area (Å²) in [5.74, 6) is 0. The molecule has 0 aliphatic carbocycles. The maximum absolute atomic E-state index is 7.00. The lowest BCUT2D eigenvalue weighted by Gasteiger charge is -2.14. The van der Waals surface area contributed by atoms with E-state index in [2.05, 4.69) is 0 Å². The third-order valence-electron chi connectivity index (χ3n) is 1.60. The zero-order valence-corrected chi connectivity index (χ0v) is 8.93. The summed E-state index contributed by atoms with van der Waals surface area (Å²) in [7, 11) is 2.65. The molecular formula is C11H18O3. The van der Waals surface area contributed by atoms with Crippen molar-refractivity contribution in [2.24, 2.45) is 0 Å². The first-order valence-corrected chi connectivity index (χ1v) is 4.52. The van der Waals surface area contributed by atoms with Gasteiger partial charge in [0.25, 0.3) is 0 Å². The molecule has 1 N–H and O–H groups in total. The molecule has 0 saturated heterocycles. The van der Waals surface area contributed by atoms with Crippen molar-refractivity contribution in [3.8, 4) is 0 Å². The molecule has 1 aromatic rings. The van der Waals surface area contributed by atoms with E-state index < -0.39 is 0 Å². The van der Waals surface area contributed by atoms with Gasteiger partial charge in [-0.05, 0) is 6.92 Å². The minimum Gasteiger partial charge on any atom is -0.400 e. The monoisotopic (exact) mass is 198 g/mol. The van der Waals surface area contributed by atoms with Gasteiger partial charge < -0.3 is 14.6 Å². The lowest BCUT2D eigenvalue weighted by Crippen LogP contribution is -2.05. The van der Waals surface area contributed by atoms with Crippen molar-refractivity contribution in [1.29, 1.82) is 0 Å². The maximum atomic E-state index is 7.00. The first-order valence-electron chi connectivity index (χ1n) is 4.52. The van der Waals surface area contributed by atoms with Gasteiger partial charge >= 0.3 is 0 Å². The van der Waals surface area contributed by atoms with Crippen molar-refractivity contribution >= 4 is 0 Å². The Bertz CT molecular complexity index is 211. The van der Waals surface area contributed by atoms with Crippen molar-refractivity contribution in [2.75, 3.05) is 20.8 Å². The predicted molar refractivity (Wildman–Crippen MR) is 56.0 cm³/mol. The van der Waals surface area contributed by atoms with Gasteiger partial charge in [-0.3, -0.25) is 0 Å². The highest BCUT2D eigenvalue weighted by molar-refractivity contribution is 5.15. The van der Waals surface area contributed by atoms with Crippen LogP contribution in [-0.2, 0) is 9.47 Å². The van der Waals surface area contributed by atoms with Crippen LogP contribution in [0.3, 0.4) is 0 Å². The molecule has 1 aromatic carbocycles. The van der Waals surface area contributed by atoms with Gasteiger partial charge in [-0.15, -0.1) is 0 Å². The van der Waals surface area contributed by atoms with Gasteiger partial charge in [-0.25, -0.2) is 0 Å². The second kappa shape index (κ2) is 8.69. The molecule has 0 aromatic heterocycles. The summed E-state index contributed by atoms with van der Waals surface area (Å²) in [6.07, 6.45) is -0.226. The topological polar surface area (TPSA) is 38.7 Å². The van der Waals surface area contributed by atoms with Crippen LogP contribution >= 0.6 is 0 Å². The highest BCUT2D eigenvalue weighted by atomic mass is 16.7. The lowest BCUT2D eigenvalue weighted by molar-refractivity contribution is -0.124. The van der Waals surface area contributed by atoms with Crippen LogP contribution in [0.1, 0.15) is 18.8 Å². The third kappa shape index (κ3) is 4.37. The highest BCUT2D eigenvalue weighted by Gasteiger charge is 2.07. The normalized spacial score (nSPS) is 11.4. The Morgan fingerprint density at radius 3 is 2.21 bits per heavy atom. The summed E-state index contributed by atoms with van der Waals surface area (Å²) in [5, 5.41) is 7.00. The van der Waals surface area contributed by atoms with Crippen LogP contribution in [0.5, 0.6) is 0 Å². The fourth-order valence-electron chi connectivity index (χ4n) is 1.06. The predicted octanol–water partition coefficient (Wildman–Crippen LogP) is 1.98. The first-order chi connectivity index (χ1) is 6.88. The number of hydrogen-bond donors (Lipinski definition) is 1. The maximum Gasteiger partial charge on any atom is 0.183 e. The van der Waals surface area contributed by atoms with Crippen LogP contribution in [0.15, 0.2) is 30.3 Å². The average Bonchev–Trinajstić information content (AvgIpc) is 2.30. The summed E-state index contributed by atoms with van der Waals surface area (Å²) in [5.41, 5.74) is 1.06. The number of ether oxygens (including phenoxy) is 2. The molecule has 0 amide bonds. The van der Waals surface area contributed by atoms with Crippen LogP contribution in [0.4, 0.5) is 0 Å². The molecule has 14 heavy (non-hydrogen) atoms. The summed E-state index contributed by atoms with van der Waals surface area (Å²) in [6, 6.07) is 9.90. The van der Waals surface area contributed by atoms with Crippen LogP contribution in [0, 0.1) is 0 Å². The number of aliphatic hydroxyl groups is 1. The lowest BCUT2D eigenvalue weighted by atomic mass is 10.2. The Hall–Kier alpha value is -0.900. The van der Waals surface area contributed by atoms with E-state index in [-0.39, 0.29) is 6.29 Å². The van der Waals surface area contributed by atoms with E-state index >= 15 is 0 Å². The molecule has 1 unspecified atom stereocenters. The Balaban J connectivity index is 0.000000791. The molecule has 1 atom stereocenters. The van der Waals surface area contributed by atoms with Crippen LogP contribution < -0.4 is 0 Å². The summed E-state index contributed by atoms with van der Waals surface area (Å²) in [4.78, 5) is 0. The molecule has 1 rings (SSSR count). The molecule has 0 heterocycles. The van der Waals surface area contributed by atoms with Crippen molar-refractivity contribution in [1.82, 2.24) is 0 Å². The van der Waals surface area contributed by atoms with Crippen molar-refractivity contribution in [3.05, 3.63) is 35.9 Å². The minimum atomic E-state index is -0.226. The van der Waals surface area contributed by atoms with Gasteiger partial charge in [0.1, 0.15) is 0 Å². The zero-order valence-electron chi connectivity index (χ0n) is 8.93. The number of methoxy groups -OCH3 is 1. The SMILES string of the molecule is CCOC(OC)c1ccccc1.CO. The van der Waals surface area contributed by atoms with Crippen molar-refractivity contribution in [2.45, 2.75) is 13.2 Å². The average molecular weight is 198 g/mol. The quantitative estimate of drug-likeness (QED) is 0.752. The third-order valence-corrected chi connectivity index (χ3v) is 1.60. The number of rotatable bonds is 4. The van der Waals surface area contributed by atoms with Gasteiger partial charge in [0.05, 0.1) is 0 Å². The molecule has 0 aliphatic heterocycles. The van der Waals surface area contributed by atoms with Gasteiger partial charge in [0.15, 0.2) is 6.29 Å². The van der Waals surface area contributed by atoms with E-state index in [0.29, 0.717) is 6.61 Å². The molecule has 3 nitrogen and oxygen atoms in total. The van der Waals surface area contributed by atoms with E-state index in [1.807, 2.05) is 37.3 Å². The first kappa shape index (κ1) is 13.1. The summed E-state index contributed by atoms with van der Waals surface area (Å²) < 4.78 is 10.5.